The van der Waals surface area contributed by atoms with Crippen LogP contribution in [-0.4, -0.2) is 36.3 Å². The van der Waals surface area contributed by atoms with E-state index in [2.05, 4.69) is 5.32 Å². The van der Waals surface area contributed by atoms with Crippen molar-refractivity contribution in [1.82, 2.24) is 5.32 Å². The molecule has 0 bridgehead atoms. The van der Waals surface area contributed by atoms with Gasteiger partial charge in [0.1, 0.15) is 0 Å². The first-order valence-corrected chi connectivity index (χ1v) is 9.48. The van der Waals surface area contributed by atoms with Gasteiger partial charge in [0.05, 0.1) is 22.4 Å². The number of halogens is 1. The highest BCUT2D eigenvalue weighted by Crippen LogP contribution is 2.30. The van der Waals surface area contributed by atoms with E-state index < -0.39 is 29.8 Å². The molecule has 2 aromatic rings. The predicted octanol–water partition coefficient (Wildman–Crippen LogP) is 3.21. The molecule has 1 heterocycles. The number of anilines is 1. The topological polar surface area (TPSA) is 92.8 Å². The summed E-state index contributed by atoms with van der Waals surface area (Å²) in [5.74, 6) is -2.19. The maximum Gasteiger partial charge on any atom is 0.338 e. The molecule has 1 aliphatic rings. The Balaban J connectivity index is 1.80. The standard InChI is InChI=1S/C21H19ClN2O5/c1-3-10-23-18(25)12(2)29-21(28)13-4-9-16-17(11-13)20(27)24(19(16)26)15-7-5-14(22)6-8-15/h4-9,11-12H,3,10H2,1-2H3,(H,23,25)/t12-/m0/s1. The minimum absolute atomic E-state index is 0.0815. The third kappa shape index (κ3) is 4.14. The zero-order valence-corrected chi connectivity index (χ0v) is 16.7. The van der Waals surface area contributed by atoms with Crippen molar-refractivity contribution in [2.45, 2.75) is 26.4 Å². The summed E-state index contributed by atoms with van der Waals surface area (Å²) in [6, 6.07) is 10.4. The molecule has 0 saturated carbocycles. The Kier molecular flexibility index (Phi) is 5.98. The summed E-state index contributed by atoms with van der Waals surface area (Å²) in [5.41, 5.74) is 0.752. The van der Waals surface area contributed by atoms with Crippen molar-refractivity contribution in [2.75, 3.05) is 11.4 Å². The third-order valence-corrected chi connectivity index (χ3v) is 4.66. The maximum atomic E-state index is 12.8. The number of benzene rings is 2. The number of hydrogen-bond donors (Lipinski definition) is 1. The second-order valence-electron chi connectivity index (χ2n) is 6.52. The first-order chi connectivity index (χ1) is 13.8. The van der Waals surface area contributed by atoms with Gasteiger partial charge in [-0.1, -0.05) is 18.5 Å². The number of amides is 3. The first-order valence-electron chi connectivity index (χ1n) is 9.10. The zero-order chi connectivity index (χ0) is 21.1. The van der Waals surface area contributed by atoms with Crippen LogP contribution >= 0.6 is 11.6 Å². The van der Waals surface area contributed by atoms with Gasteiger partial charge in [0.25, 0.3) is 17.7 Å². The summed E-state index contributed by atoms with van der Waals surface area (Å²) in [5, 5.41) is 3.12. The molecular weight excluding hydrogens is 396 g/mol. The van der Waals surface area contributed by atoms with Gasteiger partial charge >= 0.3 is 5.97 Å². The normalized spacial score (nSPS) is 13.8. The van der Waals surface area contributed by atoms with E-state index in [1.165, 1.54) is 25.1 Å². The molecule has 3 amide bonds. The maximum absolute atomic E-state index is 12.8. The Labute approximate surface area is 172 Å². The van der Waals surface area contributed by atoms with E-state index in [-0.39, 0.29) is 16.7 Å². The van der Waals surface area contributed by atoms with Crippen LogP contribution in [-0.2, 0) is 9.53 Å². The van der Waals surface area contributed by atoms with Crippen molar-refractivity contribution < 1.29 is 23.9 Å². The van der Waals surface area contributed by atoms with E-state index in [4.69, 9.17) is 16.3 Å². The summed E-state index contributed by atoms with van der Waals surface area (Å²) in [6.07, 6.45) is -0.220. The van der Waals surface area contributed by atoms with Gasteiger partial charge in [0, 0.05) is 11.6 Å². The number of imide groups is 1. The van der Waals surface area contributed by atoms with E-state index in [1.54, 1.807) is 24.3 Å². The van der Waals surface area contributed by atoms with Crippen molar-refractivity contribution in [2.24, 2.45) is 0 Å². The van der Waals surface area contributed by atoms with Gasteiger partial charge in [-0.15, -0.1) is 0 Å². The number of carbonyl (C=O) groups excluding carboxylic acids is 4. The van der Waals surface area contributed by atoms with Crippen LogP contribution in [0.3, 0.4) is 0 Å². The van der Waals surface area contributed by atoms with Crippen molar-refractivity contribution in [3.63, 3.8) is 0 Å². The Morgan fingerprint density at radius 1 is 1.07 bits per heavy atom. The second-order valence-corrected chi connectivity index (χ2v) is 6.96. The highest BCUT2D eigenvalue weighted by atomic mass is 35.5. The lowest BCUT2D eigenvalue weighted by molar-refractivity contribution is -0.129. The number of rotatable bonds is 6. The molecular formula is C21H19ClN2O5. The molecule has 2 aromatic carbocycles. The largest absolute Gasteiger partial charge is 0.449 e. The molecule has 3 rings (SSSR count). The van der Waals surface area contributed by atoms with Gasteiger partial charge < -0.3 is 10.1 Å². The van der Waals surface area contributed by atoms with E-state index in [9.17, 15) is 19.2 Å². The fraction of sp³-hybridized carbons (Fsp3) is 0.238. The van der Waals surface area contributed by atoms with Crippen LogP contribution in [0.4, 0.5) is 5.69 Å². The molecule has 1 aliphatic heterocycles. The fourth-order valence-corrected chi connectivity index (χ4v) is 2.99. The Hall–Kier alpha value is -3.19. The quantitative estimate of drug-likeness (QED) is 0.578. The summed E-state index contributed by atoms with van der Waals surface area (Å²) in [7, 11) is 0. The summed E-state index contributed by atoms with van der Waals surface area (Å²) >= 11 is 5.86. The molecule has 0 aromatic heterocycles. The lowest BCUT2D eigenvalue weighted by Gasteiger charge is -2.13. The molecule has 1 atom stereocenters. The van der Waals surface area contributed by atoms with Gasteiger partial charge in [-0.05, 0) is 55.8 Å². The van der Waals surface area contributed by atoms with Crippen LogP contribution in [0.25, 0.3) is 0 Å². The average molecular weight is 415 g/mol. The minimum atomic E-state index is -0.981. The van der Waals surface area contributed by atoms with Crippen LogP contribution in [0.15, 0.2) is 42.5 Å². The smallest absolute Gasteiger partial charge is 0.338 e. The van der Waals surface area contributed by atoms with Crippen molar-refractivity contribution in [3.05, 3.63) is 64.2 Å². The van der Waals surface area contributed by atoms with Gasteiger partial charge in [-0.25, -0.2) is 9.69 Å². The van der Waals surface area contributed by atoms with Gasteiger partial charge in [0.15, 0.2) is 6.10 Å². The van der Waals surface area contributed by atoms with E-state index >= 15 is 0 Å². The van der Waals surface area contributed by atoms with Gasteiger partial charge in [0.2, 0.25) is 0 Å². The number of nitrogens with zero attached hydrogens (tertiary/aromatic N) is 1. The van der Waals surface area contributed by atoms with Crippen LogP contribution in [0.1, 0.15) is 51.3 Å². The third-order valence-electron chi connectivity index (χ3n) is 4.41. The lowest BCUT2D eigenvalue weighted by Crippen LogP contribution is -2.36. The Morgan fingerprint density at radius 2 is 1.72 bits per heavy atom. The second kappa shape index (κ2) is 8.45. The Morgan fingerprint density at radius 3 is 2.38 bits per heavy atom. The summed E-state index contributed by atoms with van der Waals surface area (Å²) in [6.45, 7) is 3.86. The summed E-state index contributed by atoms with van der Waals surface area (Å²) < 4.78 is 5.17. The number of nitrogens with one attached hydrogen (secondary N) is 1. The molecule has 29 heavy (non-hydrogen) atoms. The molecule has 1 N–H and O–H groups in total. The minimum Gasteiger partial charge on any atom is -0.449 e. The number of carbonyl (C=O) groups is 4. The number of hydrogen-bond acceptors (Lipinski definition) is 5. The molecule has 0 saturated heterocycles. The zero-order valence-electron chi connectivity index (χ0n) is 15.9. The highest BCUT2D eigenvalue weighted by Gasteiger charge is 2.37. The molecule has 0 fully saturated rings. The molecule has 0 spiro atoms. The van der Waals surface area contributed by atoms with Crippen LogP contribution in [0.5, 0.6) is 0 Å². The SMILES string of the molecule is CCCNC(=O)[C@H](C)OC(=O)c1ccc2c(c1)C(=O)N(c1ccc(Cl)cc1)C2=O. The van der Waals surface area contributed by atoms with Gasteiger partial charge in [-0.2, -0.15) is 0 Å². The molecule has 7 nitrogen and oxygen atoms in total. The highest BCUT2D eigenvalue weighted by molar-refractivity contribution is 6.35. The number of fused-ring (bicyclic) bond motifs is 1. The van der Waals surface area contributed by atoms with E-state index in [0.717, 1.165) is 11.3 Å². The molecule has 0 aliphatic carbocycles. The van der Waals surface area contributed by atoms with Crippen molar-refractivity contribution in [3.8, 4) is 0 Å². The van der Waals surface area contributed by atoms with Crippen LogP contribution < -0.4 is 10.2 Å². The first kappa shape index (κ1) is 20.5. The monoisotopic (exact) mass is 414 g/mol. The van der Waals surface area contributed by atoms with E-state index in [1.807, 2.05) is 6.92 Å². The Bertz CT molecular complexity index is 987. The van der Waals surface area contributed by atoms with Gasteiger partial charge in [-0.3, -0.25) is 14.4 Å². The summed E-state index contributed by atoms with van der Waals surface area (Å²) in [4.78, 5) is 50.7. The van der Waals surface area contributed by atoms with Crippen molar-refractivity contribution in [1.29, 1.82) is 0 Å². The van der Waals surface area contributed by atoms with Crippen LogP contribution in [0.2, 0.25) is 5.02 Å². The lowest BCUT2D eigenvalue weighted by atomic mass is 10.1. The van der Waals surface area contributed by atoms with E-state index in [0.29, 0.717) is 17.3 Å². The molecule has 150 valence electrons. The molecule has 0 radical (unpaired) electrons. The predicted molar refractivity (Wildman–Crippen MR) is 107 cm³/mol. The van der Waals surface area contributed by atoms with Crippen molar-refractivity contribution >= 4 is 41.0 Å². The fourth-order valence-electron chi connectivity index (χ4n) is 2.87. The number of esters is 1. The molecule has 0 unspecified atom stereocenters. The van der Waals surface area contributed by atoms with Crippen LogP contribution in [0, 0.1) is 0 Å². The molecule has 8 heteroatoms. The number of ether oxygens (including phenoxy) is 1. The average Bonchev–Trinajstić information content (AvgIpc) is 2.96.